The first-order valence-corrected chi connectivity index (χ1v) is 7.90. The minimum absolute atomic E-state index is 0.330. The van der Waals surface area contributed by atoms with E-state index in [9.17, 15) is 4.39 Å². The minimum atomic E-state index is -0.330. The summed E-state index contributed by atoms with van der Waals surface area (Å²) in [6.07, 6.45) is 0. The molecular weight excluding hydrogens is 343 g/mol. The van der Waals surface area contributed by atoms with Crippen molar-refractivity contribution in [1.29, 1.82) is 0 Å². The number of nitrogens with one attached hydrogen (secondary N) is 2. The monoisotopic (exact) mass is 358 g/mol. The Balaban J connectivity index is 1.83. The van der Waals surface area contributed by atoms with Crippen LogP contribution in [-0.2, 0) is 0 Å². The molecule has 0 saturated carbocycles. The first-order valence-electron chi connectivity index (χ1n) is 7.52. The van der Waals surface area contributed by atoms with Crippen LogP contribution in [0.3, 0.4) is 0 Å². The van der Waals surface area contributed by atoms with E-state index in [0.29, 0.717) is 28.2 Å². The molecule has 1 heterocycles. The fourth-order valence-corrected chi connectivity index (χ4v) is 2.53. The Morgan fingerprint density at radius 1 is 1.00 bits per heavy atom. The highest BCUT2D eigenvalue weighted by molar-refractivity contribution is 6.32. The number of ether oxygens (including phenoxy) is 1. The Morgan fingerprint density at radius 2 is 1.80 bits per heavy atom. The summed E-state index contributed by atoms with van der Waals surface area (Å²) in [5.74, 6) is 1.23. The van der Waals surface area contributed by atoms with Crippen molar-refractivity contribution in [3.8, 4) is 5.75 Å². The van der Waals surface area contributed by atoms with E-state index >= 15 is 0 Å². The van der Waals surface area contributed by atoms with Crippen molar-refractivity contribution in [2.75, 3.05) is 17.7 Å². The molecule has 2 aromatic carbocycles. The maximum atomic E-state index is 13.3. The van der Waals surface area contributed by atoms with E-state index in [1.807, 2.05) is 13.0 Å². The average Bonchev–Trinajstić information content (AvgIpc) is 2.54. The van der Waals surface area contributed by atoms with Crippen LogP contribution in [0.5, 0.6) is 5.75 Å². The van der Waals surface area contributed by atoms with Gasteiger partial charge in [0.15, 0.2) is 0 Å². The molecule has 0 radical (unpaired) electrons. The van der Waals surface area contributed by atoms with Gasteiger partial charge in [0.05, 0.1) is 12.1 Å². The van der Waals surface area contributed by atoms with Gasteiger partial charge in [0.2, 0.25) is 5.95 Å². The number of benzene rings is 2. The van der Waals surface area contributed by atoms with Gasteiger partial charge in [-0.2, -0.15) is 4.98 Å². The van der Waals surface area contributed by atoms with Crippen molar-refractivity contribution in [3.63, 3.8) is 0 Å². The van der Waals surface area contributed by atoms with Gasteiger partial charge in [-0.05, 0) is 43.3 Å². The van der Waals surface area contributed by atoms with Crippen LogP contribution in [0.2, 0.25) is 5.02 Å². The molecule has 1 aromatic heterocycles. The quantitative estimate of drug-likeness (QED) is 0.666. The molecule has 0 unspecified atom stereocenters. The van der Waals surface area contributed by atoms with Crippen molar-refractivity contribution >= 4 is 34.7 Å². The molecule has 7 heteroatoms. The van der Waals surface area contributed by atoms with Gasteiger partial charge in [0.1, 0.15) is 17.4 Å². The molecule has 0 fully saturated rings. The zero-order valence-electron chi connectivity index (χ0n) is 13.7. The van der Waals surface area contributed by atoms with Crippen molar-refractivity contribution < 1.29 is 9.13 Å². The summed E-state index contributed by atoms with van der Waals surface area (Å²) in [5, 5.41) is 6.66. The molecule has 2 N–H and O–H groups in total. The largest absolute Gasteiger partial charge is 0.495 e. The predicted molar refractivity (Wildman–Crippen MR) is 97.7 cm³/mol. The highest BCUT2D eigenvalue weighted by Gasteiger charge is 2.06. The number of rotatable bonds is 5. The fraction of sp³-hybridized carbons (Fsp3) is 0.111. The summed E-state index contributed by atoms with van der Waals surface area (Å²) in [6, 6.07) is 13.3. The second-order valence-electron chi connectivity index (χ2n) is 5.33. The molecule has 0 amide bonds. The lowest BCUT2D eigenvalue weighted by atomic mass is 10.3. The Morgan fingerprint density at radius 3 is 2.52 bits per heavy atom. The zero-order chi connectivity index (χ0) is 17.8. The summed E-state index contributed by atoms with van der Waals surface area (Å²) in [5.41, 5.74) is 2.10. The number of methoxy groups -OCH3 is 1. The van der Waals surface area contributed by atoms with E-state index < -0.39 is 0 Å². The number of aromatic nitrogens is 2. The number of nitrogens with zero attached hydrogens (tertiary/aromatic N) is 2. The van der Waals surface area contributed by atoms with E-state index in [2.05, 4.69) is 20.6 Å². The van der Waals surface area contributed by atoms with Gasteiger partial charge < -0.3 is 15.4 Å². The van der Waals surface area contributed by atoms with E-state index in [1.165, 1.54) is 12.1 Å². The number of hydrogen-bond acceptors (Lipinski definition) is 5. The van der Waals surface area contributed by atoms with Crippen molar-refractivity contribution in [3.05, 3.63) is 65.1 Å². The van der Waals surface area contributed by atoms with Crippen molar-refractivity contribution in [1.82, 2.24) is 9.97 Å². The maximum Gasteiger partial charge on any atom is 0.229 e. The summed E-state index contributed by atoms with van der Waals surface area (Å²) in [6.45, 7) is 1.85. The minimum Gasteiger partial charge on any atom is -0.495 e. The maximum absolute atomic E-state index is 13.3. The summed E-state index contributed by atoms with van der Waals surface area (Å²) in [4.78, 5) is 8.71. The van der Waals surface area contributed by atoms with Gasteiger partial charge in [-0.1, -0.05) is 17.7 Å². The predicted octanol–water partition coefficient (Wildman–Crippen LogP) is 5.07. The first kappa shape index (κ1) is 17.0. The third kappa shape index (κ3) is 4.36. The topological polar surface area (TPSA) is 59.1 Å². The highest BCUT2D eigenvalue weighted by Crippen LogP contribution is 2.29. The Kier molecular flexibility index (Phi) is 5.00. The van der Waals surface area contributed by atoms with Gasteiger partial charge in [-0.25, -0.2) is 9.37 Å². The normalized spacial score (nSPS) is 10.4. The molecule has 25 heavy (non-hydrogen) atoms. The van der Waals surface area contributed by atoms with Gasteiger partial charge in [0, 0.05) is 23.1 Å². The van der Waals surface area contributed by atoms with Crippen LogP contribution in [0.25, 0.3) is 0 Å². The molecule has 0 bridgehead atoms. The highest BCUT2D eigenvalue weighted by atomic mass is 35.5. The molecule has 3 aromatic rings. The Labute approximate surface area is 149 Å². The standard InChI is InChI=1S/C18H16ClFN4O/c1-11-8-17(22-14-6-7-16(25-2)15(19)10-14)24-18(21-11)23-13-5-3-4-12(20)9-13/h3-10H,1-2H3,(H2,21,22,23,24). The van der Waals surface area contributed by atoms with E-state index in [0.717, 1.165) is 11.4 Å². The second kappa shape index (κ2) is 7.36. The van der Waals surface area contributed by atoms with Crippen molar-refractivity contribution in [2.24, 2.45) is 0 Å². The lowest BCUT2D eigenvalue weighted by Gasteiger charge is -2.11. The molecule has 128 valence electrons. The van der Waals surface area contributed by atoms with Gasteiger partial charge >= 0.3 is 0 Å². The Bertz CT molecular complexity index is 904. The molecule has 0 aliphatic carbocycles. The summed E-state index contributed by atoms with van der Waals surface area (Å²) >= 11 is 6.13. The van der Waals surface area contributed by atoms with Crippen LogP contribution < -0.4 is 15.4 Å². The van der Waals surface area contributed by atoms with Crippen LogP contribution in [0, 0.1) is 12.7 Å². The van der Waals surface area contributed by atoms with Crippen LogP contribution >= 0.6 is 11.6 Å². The van der Waals surface area contributed by atoms with Gasteiger partial charge in [0.25, 0.3) is 0 Å². The van der Waals surface area contributed by atoms with Crippen molar-refractivity contribution in [2.45, 2.75) is 6.92 Å². The number of aryl methyl sites for hydroxylation is 1. The SMILES string of the molecule is COc1ccc(Nc2cc(C)nc(Nc3cccc(F)c3)n2)cc1Cl. The molecule has 0 aliphatic rings. The number of halogens is 2. The third-order valence-electron chi connectivity index (χ3n) is 3.36. The van der Waals surface area contributed by atoms with Crippen LogP contribution in [0.15, 0.2) is 48.5 Å². The first-order chi connectivity index (χ1) is 12.0. The lowest BCUT2D eigenvalue weighted by Crippen LogP contribution is -2.02. The lowest BCUT2D eigenvalue weighted by molar-refractivity contribution is 0.415. The van der Waals surface area contributed by atoms with Crippen LogP contribution in [-0.4, -0.2) is 17.1 Å². The smallest absolute Gasteiger partial charge is 0.229 e. The fourth-order valence-electron chi connectivity index (χ4n) is 2.28. The zero-order valence-corrected chi connectivity index (χ0v) is 14.4. The van der Waals surface area contributed by atoms with Gasteiger partial charge in [-0.15, -0.1) is 0 Å². The summed E-state index contributed by atoms with van der Waals surface area (Å²) in [7, 11) is 1.56. The molecule has 0 spiro atoms. The van der Waals surface area contributed by atoms with Crippen LogP contribution in [0.1, 0.15) is 5.69 Å². The average molecular weight is 359 g/mol. The van der Waals surface area contributed by atoms with Gasteiger partial charge in [-0.3, -0.25) is 0 Å². The van der Waals surface area contributed by atoms with E-state index in [4.69, 9.17) is 16.3 Å². The summed E-state index contributed by atoms with van der Waals surface area (Å²) < 4.78 is 18.4. The third-order valence-corrected chi connectivity index (χ3v) is 3.65. The number of hydrogen-bond donors (Lipinski definition) is 2. The molecular formula is C18H16ClFN4O. The second-order valence-corrected chi connectivity index (χ2v) is 5.74. The number of anilines is 4. The molecule has 0 saturated heterocycles. The molecule has 5 nitrogen and oxygen atoms in total. The van der Waals surface area contributed by atoms with E-state index in [1.54, 1.807) is 37.4 Å². The molecule has 0 atom stereocenters. The molecule has 3 rings (SSSR count). The molecule has 0 aliphatic heterocycles. The Hall–Kier alpha value is -2.86. The van der Waals surface area contributed by atoms with Crippen LogP contribution in [0.4, 0.5) is 27.5 Å². The van der Waals surface area contributed by atoms with E-state index in [-0.39, 0.29) is 5.82 Å².